The molecule has 1 aliphatic heterocycles. The highest BCUT2D eigenvalue weighted by atomic mass is 19.1. The minimum Gasteiger partial charge on any atom is -0.333 e. The Kier molecular flexibility index (Phi) is 5.20. The molecule has 3 aliphatic rings. The normalized spacial score (nSPS) is 32.5. The lowest BCUT2D eigenvalue weighted by molar-refractivity contribution is 0.106. The average molecular weight is 400 g/mol. The molecule has 2 saturated carbocycles. The van der Waals surface area contributed by atoms with E-state index in [1.54, 1.807) is 11.1 Å². The number of benzene rings is 1. The molecule has 4 rings (SSSR count). The Balaban J connectivity index is 1.53. The number of urea groups is 1. The number of hydrogen-bond acceptors (Lipinski definition) is 2. The molecule has 0 aromatic heterocycles. The third-order valence-electron chi connectivity index (χ3n) is 7.85. The fourth-order valence-corrected chi connectivity index (χ4v) is 6.15. The van der Waals surface area contributed by atoms with Gasteiger partial charge in [-0.2, -0.15) is 5.10 Å². The van der Waals surface area contributed by atoms with Gasteiger partial charge < -0.3 is 5.32 Å². The summed E-state index contributed by atoms with van der Waals surface area (Å²) in [6.45, 7) is 9.44. The number of fused-ring (bicyclic) bond motifs is 2. The number of hydrazone groups is 1. The van der Waals surface area contributed by atoms with Gasteiger partial charge in [0.05, 0.1) is 6.54 Å². The van der Waals surface area contributed by atoms with Gasteiger partial charge in [0, 0.05) is 17.7 Å². The standard InChI is InChI=1S/C24H34FN3O/c1-5-6-11-20-18(17-9-7-8-10-19(17)25)15-28(27-20)22(29)26-21-23(2,3)16-12-13-24(21,4)14-16/h7-10,16,18,21H,5-6,11-15H2,1-4H3,(H,26,29)/t16-,18?,21-,24+/m0/s1. The maximum absolute atomic E-state index is 14.5. The summed E-state index contributed by atoms with van der Waals surface area (Å²) in [5.41, 5.74) is 1.83. The quantitative estimate of drug-likeness (QED) is 0.679. The molecule has 4 nitrogen and oxygen atoms in total. The Morgan fingerprint density at radius 1 is 1.31 bits per heavy atom. The van der Waals surface area contributed by atoms with E-state index < -0.39 is 0 Å². The Labute approximate surface area is 173 Å². The third kappa shape index (κ3) is 3.47. The van der Waals surface area contributed by atoms with Crippen LogP contribution < -0.4 is 5.32 Å². The molecule has 1 unspecified atom stereocenters. The second-order valence-electron chi connectivity index (χ2n) is 10.1. The second-order valence-corrected chi connectivity index (χ2v) is 10.1. The van der Waals surface area contributed by atoms with Crippen molar-refractivity contribution in [2.24, 2.45) is 21.8 Å². The summed E-state index contributed by atoms with van der Waals surface area (Å²) >= 11 is 0. The van der Waals surface area contributed by atoms with Gasteiger partial charge in [0.1, 0.15) is 5.82 Å². The molecule has 1 N–H and O–H groups in total. The number of nitrogens with one attached hydrogen (secondary N) is 1. The van der Waals surface area contributed by atoms with Gasteiger partial charge in [0.15, 0.2) is 0 Å². The molecule has 2 aliphatic carbocycles. The fraction of sp³-hybridized carbons (Fsp3) is 0.667. The van der Waals surface area contributed by atoms with Crippen LogP contribution >= 0.6 is 0 Å². The molecule has 2 amide bonds. The van der Waals surface area contributed by atoms with Crippen LogP contribution in [-0.2, 0) is 0 Å². The van der Waals surface area contributed by atoms with E-state index in [0.717, 1.165) is 25.0 Å². The SMILES string of the molecule is CCCCC1=NN(C(=O)N[C@H]2C(C)(C)[C@H]3CC[C@]2(C)C3)CC1c1ccccc1F. The Hall–Kier alpha value is -1.91. The van der Waals surface area contributed by atoms with Crippen LogP contribution in [0.2, 0.25) is 0 Å². The molecule has 4 atom stereocenters. The van der Waals surface area contributed by atoms with Gasteiger partial charge in [-0.05, 0) is 60.5 Å². The van der Waals surface area contributed by atoms with Crippen molar-refractivity contribution < 1.29 is 9.18 Å². The first-order valence-electron chi connectivity index (χ1n) is 11.2. The zero-order valence-electron chi connectivity index (χ0n) is 18.2. The molecule has 1 aromatic rings. The minimum absolute atomic E-state index is 0.0993. The zero-order chi connectivity index (χ0) is 20.8. The number of halogens is 1. The highest BCUT2D eigenvalue weighted by Gasteiger charge is 2.60. The van der Waals surface area contributed by atoms with Crippen molar-refractivity contribution in [1.29, 1.82) is 0 Å². The lowest BCUT2D eigenvalue weighted by Gasteiger charge is -2.43. The monoisotopic (exact) mass is 399 g/mol. The van der Waals surface area contributed by atoms with Crippen LogP contribution in [0.25, 0.3) is 0 Å². The molecular formula is C24H34FN3O. The third-order valence-corrected chi connectivity index (χ3v) is 7.85. The topological polar surface area (TPSA) is 44.7 Å². The van der Waals surface area contributed by atoms with Crippen LogP contribution in [0.3, 0.4) is 0 Å². The summed E-state index contributed by atoms with van der Waals surface area (Å²) in [6.07, 6.45) is 6.46. The van der Waals surface area contributed by atoms with Crippen molar-refractivity contribution >= 4 is 11.7 Å². The summed E-state index contributed by atoms with van der Waals surface area (Å²) < 4.78 is 14.5. The van der Waals surface area contributed by atoms with Gasteiger partial charge in [-0.3, -0.25) is 0 Å². The van der Waals surface area contributed by atoms with Crippen molar-refractivity contribution in [3.63, 3.8) is 0 Å². The smallest absolute Gasteiger partial charge is 0.333 e. The first kappa shape index (κ1) is 20.4. The van der Waals surface area contributed by atoms with E-state index in [1.807, 2.05) is 12.1 Å². The molecule has 1 heterocycles. The van der Waals surface area contributed by atoms with Gasteiger partial charge in [-0.1, -0.05) is 52.3 Å². The minimum atomic E-state index is -0.217. The van der Waals surface area contributed by atoms with Crippen LogP contribution in [0, 0.1) is 22.6 Å². The van der Waals surface area contributed by atoms with Crippen LogP contribution in [-0.4, -0.2) is 29.3 Å². The van der Waals surface area contributed by atoms with E-state index in [0.29, 0.717) is 18.0 Å². The van der Waals surface area contributed by atoms with E-state index in [1.165, 1.54) is 25.3 Å². The summed E-state index contributed by atoms with van der Waals surface area (Å²) in [6, 6.07) is 6.90. The van der Waals surface area contributed by atoms with Crippen LogP contribution in [0.15, 0.2) is 29.4 Å². The maximum atomic E-state index is 14.5. The van der Waals surface area contributed by atoms with E-state index in [-0.39, 0.29) is 34.6 Å². The molecule has 2 bridgehead atoms. The van der Waals surface area contributed by atoms with Crippen LogP contribution in [0.5, 0.6) is 0 Å². The number of hydrogen-bond donors (Lipinski definition) is 1. The molecule has 0 spiro atoms. The largest absolute Gasteiger partial charge is 0.338 e. The van der Waals surface area contributed by atoms with Crippen molar-refractivity contribution in [2.45, 2.75) is 78.2 Å². The molecule has 0 radical (unpaired) electrons. The second kappa shape index (κ2) is 7.41. The van der Waals surface area contributed by atoms with Crippen LogP contribution in [0.1, 0.15) is 77.7 Å². The lowest BCUT2D eigenvalue weighted by Crippen LogP contribution is -2.54. The molecule has 158 valence electrons. The average Bonchev–Trinajstić information content (AvgIpc) is 3.33. The first-order valence-corrected chi connectivity index (χ1v) is 11.2. The van der Waals surface area contributed by atoms with Crippen molar-refractivity contribution in [3.8, 4) is 0 Å². The fourth-order valence-electron chi connectivity index (χ4n) is 6.15. The highest BCUT2D eigenvalue weighted by molar-refractivity contribution is 5.94. The van der Waals surface area contributed by atoms with Crippen LogP contribution in [0.4, 0.5) is 9.18 Å². The number of carbonyl (C=O) groups is 1. The predicted molar refractivity (Wildman–Crippen MR) is 114 cm³/mol. The van der Waals surface area contributed by atoms with Gasteiger partial charge in [-0.25, -0.2) is 14.2 Å². The van der Waals surface area contributed by atoms with Crippen molar-refractivity contribution in [3.05, 3.63) is 35.6 Å². The van der Waals surface area contributed by atoms with Gasteiger partial charge in [0.2, 0.25) is 0 Å². The molecule has 29 heavy (non-hydrogen) atoms. The number of rotatable bonds is 5. The molecular weight excluding hydrogens is 365 g/mol. The number of nitrogens with zero attached hydrogens (tertiary/aromatic N) is 2. The zero-order valence-corrected chi connectivity index (χ0v) is 18.2. The Bertz CT molecular complexity index is 815. The van der Waals surface area contributed by atoms with E-state index in [2.05, 4.69) is 38.1 Å². The molecule has 1 aromatic carbocycles. The Morgan fingerprint density at radius 3 is 2.72 bits per heavy atom. The van der Waals surface area contributed by atoms with Crippen molar-refractivity contribution in [1.82, 2.24) is 10.3 Å². The summed E-state index contributed by atoms with van der Waals surface area (Å²) in [7, 11) is 0. The lowest BCUT2D eigenvalue weighted by atomic mass is 9.68. The maximum Gasteiger partial charge on any atom is 0.338 e. The predicted octanol–water partition coefficient (Wildman–Crippen LogP) is 5.70. The highest BCUT2D eigenvalue weighted by Crippen LogP contribution is 2.62. The molecule has 5 heteroatoms. The van der Waals surface area contributed by atoms with E-state index >= 15 is 0 Å². The summed E-state index contributed by atoms with van der Waals surface area (Å²) in [5, 5.41) is 9.55. The number of unbranched alkanes of at least 4 members (excludes halogenated alkanes) is 1. The van der Waals surface area contributed by atoms with Gasteiger partial charge in [-0.15, -0.1) is 0 Å². The summed E-state index contributed by atoms with van der Waals surface area (Å²) in [4.78, 5) is 13.2. The molecule has 2 fully saturated rings. The Morgan fingerprint density at radius 2 is 2.07 bits per heavy atom. The first-order chi connectivity index (χ1) is 13.8. The van der Waals surface area contributed by atoms with Gasteiger partial charge >= 0.3 is 6.03 Å². The molecule has 0 saturated heterocycles. The van der Waals surface area contributed by atoms with Gasteiger partial charge in [0.25, 0.3) is 0 Å². The van der Waals surface area contributed by atoms with E-state index in [9.17, 15) is 9.18 Å². The van der Waals surface area contributed by atoms with E-state index in [4.69, 9.17) is 0 Å². The van der Waals surface area contributed by atoms with Crippen molar-refractivity contribution in [2.75, 3.05) is 6.54 Å². The number of carbonyl (C=O) groups excluding carboxylic acids is 1. The number of amides is 2. The summed E-state index contributed by atoms with van der Waals surface area (Å²) in [5.74, 6) is 0.300.